The molecule has 2 N–H and O–H groups in total. The molecule has 4 heteroatoms. The molecule has 76 valence electrons. The highest BCUT2D eigenvalue weighted by molar-refractivity contribution is 6.01. The second kappa shape index (κ2) is 4.56. The third-order valence-corrected chi connectivity index (χ3v) is 1.71. The summed E-state index contributed by atoms with van der Waals surface area (Å²) in [5, 5.41) is 8.94. The molecule has 0 aliphatic rings. The maximum atomic E-state index is 8.94. The first-order chi connectivity index (χ1) is 6.38. The van der Waals surface area contributed by atoms with Crippen molar-refractivity contribution in [3.05, 3.63) is 11.3 Å². The normalized spacial score (nSPS) is 14.4. The molecule has 0 bridgehead atoms. The van der Waals surface area contributed by atoms with Gasteiger partial charge in [0.15, 0.2) is 0 Å². The molecule has 0 aromatic rings. The minimum atomic E-state index is -0.262. The van der Waals surface area contributed by atoms with Crippen LogP contribution < -0.4 is 5.73 Å². The van der Waals surface area contributed by atoms with Crippen molar-refractivity contribution >= 4 is 12.6 Å². The van der Waals surface area contributed by atoms with E-state index in [-0.39, 0.29) is 11.3 Å². The first kappa shape index (κ1) is 12.4. The monoisotopic (exact) mass is 192 g/mol. The summed E-state index contributed by atoms with van der Waals surface area (Å²) in [5.74, 6) is 0.199. The summed E-state index contributed by atoms with van der Waals surface area (Å²) in [7, 11) is 1.54. The van der Waals surface area contributed by atoms with E-state index in [1.54, 1.807) is 0 Å². The van der Waals surface area contributed by atoms with Gasteiger partial charge in [-0.05, 0) is 6.72 Å². The van der Waals surface area contributed by atoms with E-state index in [9.17, 15) is 0 Å². The zero-order chi connectivity index (χ0) is 11.4. The zero-order valence-electron chi connectivity index (χ0n) is 9.13. The van der Waals surface area contributed by atoms with Gasteiger partial charge in [-0.25, -0.2) is 0 Å². The van der Waals surface area contributed by atoms with E-state index < -0.39 is 0 Å². The van der Waals surface area contributed by atoms with Gasteiger partial charge in [0.2, 0.25) is 0 Å². The highest BCUT2D eigenvalue weighted by Gasteiger charge is 2.22. The quantitative estimate of drug-likeness (QED) is 0.409. The minimum Gasteiger partial charge on any atom is -0.383 e. The molecule has 0 radical (unpaired) electrons. The maximum Gasteiger partial charge on any atom is 0.138 e. The first-order valence-electron chi connectivity index (χ1n) is 4.22. The topological polar surface area (TPSA) is 74.5 Å². The fourth-order valence-electron chi connectivity index (χ4n) is 1.03. The van der Waals surface area contributed by atoms with Crippen molar-refractivity contribution in [2.75, 3.05) is 7.05 Å². The van der Waals surface area contributed by atoms with E-state index >= 15 is 0 Å². The van der Waals surface area contributed by atoms with Crippen LogP contribution in [0.3, 0.4) is 0 Å². The van der Waals surface area contributed by atoms with Crippen LogP contribution in [-0.2, 0) is 0 Å². The highest BCUT2D eigenvalue weighted by atomic mass is 14.8. The van der Waals surface area contributed by atoms with Crippen molar-refractivity contribution in [1.82, 2.24) is 0 Å². The molecule has 0 spiro atoms. The maximum absolute atomic E-state index is 8.94. The summed E-state index contributed by atoms with van der Waals surface area (Å²) in [6.07, 6.45) is 0. The number of hydrogen-bond donors (Lipinski definition) is 1. The van der Waals surface area contributed by atoms with Crippen LogP contribution in [0.2, 0.25) is 0 Å². The van der Waals surface area contributed by atoms with Crippen LogP contribution in [0.1, 0.15) is 20.8 Å². The van der Waals surface area contributed by atoms with Gasteiger partial charge in [0.05, 0.1) is 5.70 Å². The van der Waals surface area contributed by atoms with Crippen LogP contribution in [-0.4, -0.2) is 19.6 Å². The zero-order valence-corrected chi connectivity index (χ0v) is 9.13. The molecular formula is C10H16N4. The highest BCUT2D eigenvalue weighted by Crippen LogP contribution is 2.28. The van der Waals surface area contributed by atoms with Crippen molar-refractivity contribution in [1.29, 1.82) is 5.26 Å². The Labute approximate surface area is 84.9 Å². The van der Waals surface area contributed by atoms with Gasteiger partial charge in [0, 0.05) is 12.5 Å². The lowest BCUT2D eigenvalue weighted by Crippen LogP contribution is -2.20. The molecule has 0 aliphatic carbocycles. The first-order valence-corrected chi connectivity index (χ1v) is 4.22. The van der Waals surface area contributed by atoms with Gasteiger partial charge in [0.1, 0.15) is 17.5 Å². The average Bonchev–Trinajstić information content (AvgIpc) is 2.10. The third-order valence-electron chi connectivity index (χ3n) is 1.71. The molecule has 0 fully saturated rings. The van der Waals surface area contributed by atoms with E-state index in [4.69, 9.17) is 11.0 Å². The predicted molar refractivity (Wildman–Crippen MR) is 59.2 cm³/mol. The summed E-state index contributed by atoms with van der Waals surface area (Å²) in [6.45, 7) is 9.27. The Morgan fingerprint density at radius 1 is 1.43 bits per heavy atom. The number of allylic oxidation sites excluding steroid dienone is 1. The molecule has 0 saturated heterocycles. The van der Waals surface area contributed by atoms with Gasteiger partial charge in [0.25, 0.3) is 0 Å². The molecule has 0 unspecified atom stereocenters. The van der Waals surface area contributed by atoms with Crippen molar-refractivity contribution in [3.8, 4) is 6.07 Å². The Morgan fingerprint density at radius 3 is 2.14 bits per heavy atom. The van der Waals surface area contributed by atoms with Gasteiger partial charge in [-0.3, -0.25) is 9.98 Å². The molecule has 14 heavy (non-hydrogen) atoms. The number of amidine groups is 1. The van der Waals surface area contributed by atoms with Crippen LogP contribution in [0.25, 0.3) is 0 Å². The number of aliphatic imine (C=N–C) groups is 2. The van der Waals surface area contributed by atoms with Gasteiger partial charge < -0.3 is 5.73 Å². The van der Waals surface area contributed by atoms with Gasteiger partial charge in [-0.15, -0.1) is 0 Å². The minimum absolute atomic E-state index is 0.199. The summed E-state index contributed by atoms with van der Waals surface area (Å²) in [5.41, 5.74) is 6.19. The molecule has 4 nitrogen and oxygen atoms in total. The molecule has 0 aromatic heterocycles. The van der Waals surface area contributed by atoms with E-state index in [0.29, 0.717) is 11.3 Å². The Kier molecular flexibility index (Phi) is 4.03. The predicted octanol–water partition coefficient (Wildman–Crippen LogP) is 1.50. The van der Waals surface area contributed by atoms with Crippen LogP contribution in [0, 0.1) is 16.7 Å². The Hall–Kier alpha value is -1.63. The fraction of sp³-hybridized carbons (Fsp3) is 0.500. The summed E-state index contributed by atoms with van der Waals surface area (Å²) < 4.78 is 0. The van der Waals surface area contributed by atoms with Gasteiger partial charge >= 0.3 is 0 Å². The molecule has 0 amide bonds. The van der Waals surface area contributed by atoms with E-state index in [0.717, 1.165) is 0 Å². The molecular weight excluding hydrogens is 176 g/mol. The number of rotatable bonds is 2. The fourth-order valence-corrected chi connectivity index (χ4v) is 1.03. The number of nitriles is 1. The van der Waals surface area contributed by atoms with Crippen molar-refractivity contribution in [2.45, 2.75) is 20.8 Å². The Bertz CT molecular complexity index is 323. The third kappa shape index (κ3) is 2.70. The molecule has 0 heterocycles. The molecule has 0 aromatic carbocycles. The number of hydrogen-bond acceptors (Lipinski definition) is 3. The van der Waals surface area contributed by atoms with Crippen molar-refractivity contribution in [3.63, 3.8) is 0 Å². The smallest absolute Gasteiger partial charge is 0.138 e. The lowest BCUT2D eigenvalue weighted by Gasteiger charge is -2.20. The second-order valence-electron chi connectivity index (χ2n) is 3.85. The Balaban J connectivity index is 5.63. The van der Waals surface area contributed by atoms with E-state index in [1.807, 2.05) is 26.8 Å². The number of nitrogens with zero attached hydrogens (tertiary/aromatic N) is 3. The van der Waals surface area contributed by atoms with Crippen LogP contribution in [0.15, 0.2) is 21.3 Å². The van der Waals surface area contributed by atoms with Crippen LogP contribution in [0.4, 0.5) is 0 Å². The summed E-state index contributed by atoms with van der Waals surface area (Å²) in [4.78, 5) is 7.61. The summed E-state index contributed by atoms with van der Waals surface area (Å²) >= 11 is 0. The second-order valence-corrected chi connectivity index (χ2v) is 3.85. The lowest BCUT2D eigenvalue weighted by molar-refractivity contribution is 0.497. The Morgan fingerprint density at radius 2 is 1.93 bits per heavy atom. The largest absolute Gasteiger partial charge is 0.383 e. The van der Waals surface area contributed by atoms with E-state index in [1.165, 1.54) is 7.05 Å². The van der Waals surface area contributed by atoms with Crippen molar-refractivity contribution in [2.24, 2.45) is 21.1 Å². The molecule has 0 saturated carbocycles. The lowest BCUT2D eigenvalue weighted by atomic mass is 9.89. The van der Waals surface area contributed by atoms with Gasteiger partial charge in [-0.1, -0.05) is 20.8 Å². The number of nitrogens with two attached hydrogens (primary N) is 1. The molecule has 0 atom stereocenters. The van der Waals surface area contributed by atoms with Crippen LogP contribution in [0.5, 0.6) is 0 Å². The van der Waals surface area contributed by atoms with Crippen molar-refractivity contribution < 1.29 is 0 Å². The standard InChI is InChI=1S/C10H16N4/c1-10(2,3)8(13-4)7(6-11)9(12)14-5/h4H2,1-3,5H3,(H2,12,14)/b8-7-. The summed E-state index contributed by atoms with van der Waals surface area (Å²) in [6, 6.07) is 2.00. The van der Waals surface area contributed by atoms with Crippen LogP contribution >= 0.6 is 0 Å². The van der Waals surface area contributed by atoms with E-state index in [2.05, 4.69) is 16.7 Å². The average molecular weight is 192 g/mol. The molecule has 0 aliphatic heterocycles. The molecule has 0 rings (SSSR count). The SMILES string of the molecule is C=N/C(=C(C#N)\C(N)=N/C)C(C)(C)C. The van der Waals surface area contributed by atoms with Gasteiger partial charge in [-0.2, -0.15) is 5.26 Å².